The van der Waals surface area contributed by atoms with Gasteiger partial charge in [0.25, 0.3) is 5.91 Å². The molecular formula is C26H27Cl2N5O4S. The molecule has 0 aliphatic rings. The Kier molecular flexibility index (Phi) is 10.3. The van der Waals surface area contributed by atoms with Gasteiger partial charge in [-0.05, 0) is 57.2 Å². The number of hydrogen-bond donors (Lipinski definition) is 2. The number of thioether (sulfide) groups is 1. The number of allylic oxidation sites excluding steroid dienone is 1. The maximum absolute atomic E-state index is 12.7. The lowest BCUT2D eigenvalue weighted by molar-refractivity contribution is -0.113. The second kappa shape index (κ2) is 13.5. The zero-order valence-electron chi connectivity index (χ0n) is 21.0. The smallest absolute Gasteiger partial charge is 0.338 e. The maximum atomic E-state index is 12.7. The van der Waals surface area contributed by atoms with Crippen LogP contribution in [0.4, 0.5) is 5.69 Å². The Balaban J connectivity index is 1.65. The van der Waals surface area contributed by atoms with E-state index < -0.39 is 12.0 Å². The van der Waals surface area contributed by atoms with E-state index in [1.165, 1.54) is 17.8 Å². The minimum atomic E-state index is -0.516. The van der Waals surface area contributed by atoms with Crippen LogP contribution >= 0.6 is 35.0 Å². The van der Waals surface area contributed by atoms with Gasteiger partial charge in [0.05, 0.1) is 34.0 Å². The lowest BCUT2D eigenvalue weighted by Crippen LogP contribution is -2.29. The number of halogens is 2. The van der Waals surface area contributed by atoms with Crippen molar-refractivity contribution >= 4 is 58.4 Å². The van der Waals surface area contributed by atoms with Crippen LogP contribution in [-0.2, 0) is 16.1 Å². The molecule has 3 aromatic rings. The summed E-state index contributed by atoms with van der Waals surface area (Å²) in [5.41, 5.74) is 1.10. The Labute approximate surface area is 234 Å². The molecule has 12 heteroatoms. The van der Waals surface area contributed by atoms with Crippen LogP contribution in [0.5, 0.6) is 0 Å². The highest BCUT2D eigenvalue weighted by atomic mass is 35.5. The lowest BCUT2D eigenvalue weighted by Gasteiger charge is -2.16. The summed E-state index contributed by atoms with van der Waals surface area (Å²) in [5, 5.41) is 15.2. The number of hydrogen-bond acceptors (Lipinski definition) is 7. The molecule has 2 amide bonds. The molecule has 9 nitrogen and oxygen atoms in total. The molecule has 0 fully saturated rings. The van der Waals surface area contributed by atoms with Gasteiger partial charge in [-0.2, -0.15) is 0 Å². The van der Waals surface area contributed by atoms with E-state index in [4.69, 9.17) is 27.9 Å². The molecule has 0 aliphatic carbocycles. The second-order valence-electron chi connectivity index (χ2n) is 8.43. The number of benzene rings is 2. The third-order valence-electron chi connectivity index (χ3n) is 5.02. The molecule has 1 aromatic heterocycles. The van der Waals surface area contributed by atoms with Crippen LogP contribution in [-0.4, -0.2) is 44.4 Å². The van der Waals surface area contributed by atoms with Crippen molar-refractivity contribution in [1.29, 1.82) is 0 Å². The predicted molar refractivity (Wildman–Crippen MR) is 149 cm³/mol. The first kappa shape index (κ1) is 29.2. The Morgan fingerprint density at radius 3 is 2.58 bits per heavy atom. The van der Waals surface area contributed by atoms with Crippen LogP contribution in [0.3, 0.4) is 0 Å². The first-order chi connectivity index (χ1) is 18.1. The summed E-state index contributed by atoms with van der Waals surface area (Å²) < 4.78 is 6.96. The van der Waals surface area contributed by atoms with Crippen LogP contribution in [0, 0.1) is 0 Å². The molecule has 0 spiro atoms. The standard InChI is InChI=1S/C26H27Cl2N5O4S/c1-5-11-33-23(16(4)29-24(35)20-10-9-18(27)13-21(20)28)31-32-26(33)38-14-22(34)30-19-8-6-7-17(12-19)25(36)37-15(2)3/h5-10,12-13,15-16H,1,11,14H2,2-4H3,(H,29,35)(H,30,34). The SMILES string of the molecule is C=CCn1c(SCC(=O)Nc2cccc(C(=O)OC(C)C)c2)nnc1C(C)NC(=O)c1ccc(Cl)cc1Cl. The number of rotatable bonds is 11. The van der Waals surface area contributed by atoms with Gasteiger partial charge in [-0.3, -0.25) is 9.59 Å². The van der Waals surface area contributed by atoms with Crippen LogP contribution in [0.2, 0.25) is 10.0 Å². The number of carbonyl (C=O) groups excluding carboxylic acids is 3. The van der Waals surface area contributed by atoms with Crippen molar-refractivity contribution in [3.8, 4) is 0 Å². The fraction of sp³-hybridized carbons (Fsp3) is 0.269. The Morgan fingerprint density at radius 2 is 1.89 bits per heavy atom. The number of anilines is 1. The molecule has 0 saturated carbocycles. The largest absolute Gasteiger partial charge is 0.459 e. The van der Waals surface area contributed by atoms with E-state index in [2.05, 4.69) is 27.4 Å². The molecule has 0 radical (unpaired) electrons. The van der Waals surface area contributed by atoms with Crippen molar-refractivity contribution in [1.82, 2.24) is 20.1 Å². The number of ether oxygens (including phenoxy) is 1. The highest BCUT2D eigenvalue weighted by Crippen LogP contribution is 2.24. The van der Waals surface area contributed by atoms with Crippen LogP contribution in [0.15, 0.2) is 60.3 Å². The van der Waals surface area contributed by atoms with Crippen LogP contribution < -0.4 is 10.6 Å². The Morgan fingerprint density at radius 1 is 1.13 bits per heavy atom. The fourth-order valence-corrected chi connectivity index (χ4v) is 4.62. The molecular weight excluding hydrogens is 549 g/mol. The van der Waals surface area contributed by atoms with Gasteiger partial charge in [0.2, 0.25) is 5.91 Å². The summed E-state index contributed by atoms with van der Waals surface area (Å²) >= 11 is 13.3. The van der Waals surface area contributed by atoms with Gasteiger partial charge in [-0.25, -0.2) is 4.79 Å². The number of amides is 2. The van der Waals surface area contributed by atoms with Gasteiger partial charge in [-0.15, -0.1) is 16.8 Å². The van der Waals surface area contributed by atoms with E-state index in [-0.39, 0.29) is 34.3 Å². The summed E-state index contributed by atoms with van der Waals surface area (Å²) in [6.45, 7) is 9.44. The van der Waals surface area contributed by atoms with Crippen molar-refractivity contribution in [2.24, 2.45) is 0 Å². The normalized spacial score (nSPS) is 11.6. The van der Waals surface area contributed by atoms with Gasteiger partial charge in [-0.1, -0.05) is 47.1 Å². The van der Waals surface area contributed by atoms with E-state index in [0.29, 0.717) is 33.8 Å². The van der Waals surface area contributed by atoms with E-state index in [9.17, 15) is 14.4 Å². The summed E-state index contributed by atoms with van der Waals surface area (Å²) in [6.07, 6.45) is 1.42. The molecule has 3 rings (SSSR count). The summed E-state index contributed by atoms with van der Waals surface area (Å²) in [4.78, 5) is 37.5. The summed E-state index contributed by atoms with van der Waals surface area (Å²) in [5.74, 6) is -0.618. The van der Waals surface area contributed by atoms with E-state index >= 15 is 0 Å². The number of aromatic nitrogens is 3. The Bertz CT molecular complexity index is 1340. The lowest BCUT2D eigenvalue weighted by atomic mass is 10.2. The van der Waals surface area contributed by atoms with Crippen molar-refractivity contribution in [2.45, 2.75) is 44.6 Å². The molecule has 2 aromatic carbocycles. The topological polar surface area (TPSA) is 115 Å². The quantitative estimate of drug-likeness (QED) is 0.175. The first-order valence-electron chi connectivity index (χ1n) is 11.6. The van der Waals surface area contributed by atoms with Crippen molar-refractivity contribution in [2.75, 3.05) is 11.1 Å². The van der Waals surface area contributed by atoms with Gasteiger partial charge in [0.15, 0.2) is 11.0 Å². The third-order valence-corrected chi connectivity index (χ3v) is 6.54. The highest BCUT2D eigenvalue weighted by Gasteiger charge is 2.21. The number of nitrogens with one attached hydrogen (secondary N) is 2. The monoisotopic (exact) mass is 575 g/mol. The van der Waals surface area contributed by atoms with E-state index in [1.54, 1.807) is 67.8 Å². The predicted octanol–water partition coefficient (Wildman–Crippen LogP) is 5.56. The van der Waals surface area contributed by atoms with Crippen LogP contribution in [0.25, 0.3) is 0 Å². The maximum Gasteiger partial charge on any atom is 0.338 e. The third kappa shape index (κ3) is 7.83. The van der Waals surface area contributed by atoms with Crippen molar-refractivity contribution < 1.29 is 19.1 Å². The number of carbonyl (C=O) groups is 3. The molecule has 1 atom stereocenters. The summed E-state index contributed by atoms with van der Waals surface area (Å²) in [7, 11) is 0. The highest BCUT2D eigenvalue weighted by molar-refractivity contribution is 7.99. The van der Waals surface area contributed by atoms with Gasteiger partial charge < -0.3 is 19.9 Å². The molecule has 0 aliphatic heterocycles. The fourth-order valence-electron chi connectivity index (χ4n) is 3.37. The van der Waals surface area contributed by atoms with E-state index in [1.807, 2.05) is 0 Å². The zero-order chi connectivity index (χ0) is 27.8. The molecule has 1 unspecified atom stereocenters. The average molecular weight is 577 g/mol. The van der Waals surface area contributed by atoms with Crippen molar-refractivity contribution in [3.05, 3.63) is 82.1 Å². The van der Waals surface area contributed by atoms with Gasteiger partial charge in [0.1, 0.15) is 0 Å². The molecule has 38 heavy (non-hydrogen) atoms. The Hall–Kier alpha value is -3.34. The molecule has 2 N–H and O–H groups in total. The summed E-state index contributed by atoms with van der Waals surface area (Å²) in [6, 6.07) is 10.6. The molecule has 0 bridgehead atoms. The molecule has 1 heterocycles. The first-order valence-corrected chi connectivity index (χ1v) is 13.4. The number of esters is 1. The zero-order valence-corrected chi connectivity index (χ0v) is 23.4. The van der Waals surface area contributed by atoms with Gasteiger partial charge in [0, 0.05) is 17.3 Å². The minimum absolute atomic E-state index is 0.0388. The molecule has 200 valence electrons. The van der Waals surface area contributed by atoms with Crippen LogP contribution in [0.1, 0.15) is 53.4 Å². The average Bonchev–Trinajstić information content (AvgIpc) is 3.25. The molecule has 0 saturated heterocycles. The number of nitrogens with zero attached hydrogens (tertiary/aromatic N) is 3. The van der Waals surface area contributed by atoms with Gasteiger partial charge >= 0.3 is 5.97 Å². The van der Waals surface area contributed by atoms with Crippen molar-refractivity contribution in [3.63, 3.8) is 0 Å². The second-order valence-corrected chi connectivity index (χ2v) is 10.2. The van der Waals surface area contributed by atoms with E-state index in [0.717, 1.165) is 0 Å². The minimum Gasteiger partial charge on any atom is -0.459 e.